The van der Waals surface area contributed by atoms with Crippen molar-refractivity contribution in [3.8, 4) is 0 Å². The fraction of sp³-hybridized carbons (Fsp3) is 0.385. The van der Waals surface area contributed by atoms with Gasteiger partial charge in [0.15, 0.2) is 4.77 Å². The predicted molar refractivity (Wildman–Crippen MR) is 71.6 cm³/mol. The van der Waals surface area contributed by atoms with Gasteiger partial charge in [-0.25, -0.2) is 4.39 Å². The molecule has 0 aliphatic carbocycles. The molecule has 3 nitrogen and oxygen atoms in total. The van der Waals surface area contributed by atoms with Crippen LogP contribution in [0.4, 0.5) is 4.39 Å². The molecule has 0 fully saturated rings. The summed E-state index contributed by atoms with van der Waals surface area (Å²) in [6.45, 7) is 4.14. The van der Waals surface area contributed by atoms with Crippen LogP contribution in [0.1, 0.15) is 31.3 Å². The third-order valence-corrected chi connectivity index (χ3v) is 3.27. The number of hydrogen-bond donors (Lipinski definition) is 1. The van der Waals surface area contributed by atoms with Gasteiger partial charge in [-0.05, 0) is 43.3 Å². The number of nitrogens with one attached hydrogen (secondary N) is 1. The lowest BCUT2D eigenvalue weighted by Gasteiger charge is -2.15. The van der Waals surface area contributed by atoms with E-state index < -0.39 is 0 Å². The van der Waals surface area contributed by atoms with Gasteiger partial charge in [-0.15, -0.1) is 0 Å². The van der Waals surface area contributed by atoms with Crippen molar-refractivity contribution in [3.05, 3.63) is 46.2 Å². The highest BCUT2D eigenvalue weighted by atomic mass is 32.1. The van der Waals surface area contributed by atoms with Gasteiger partial charge in [-0.1, -0.05) is 19.1 Å². The van der Waals surface area contributed by atoms with Gasteiger partial charge < -0.3 is 4.57 Å². The first kappa shape index (κ1) is 13.0. The van der Waals surface area contributed by atoms with E-state index in [0.29, 0.717) is 4.77 Å². The van der Waals surface area contributed by atoms with E-state index in [1.807, 2.05) is 11.5 Å². The first-order chi connectivity index (χ1) is 8.61. The predicted octanol–water partition coefficient (Wildman–Crippen LogP) is 3.45. The maximum Gasteiger partial charge on any atom is 0.195 e. The first-order valence-corrected chi connectivity index (χ1v) is 6.43. The Hall–Kier alpha value is -1.49. The summed E-state index contributed by atoms with van der Waals surface area (Å²) in [5, 5.41) is 7.02. The second kappa shape index (κ2) is 5.44. The van der Waals surface area contributed by atoms with Crippen LogP contribution in [0, 0.1) is 10.6 Å². The molecular weight excluding hydrogens is 249 g/mol. The molecule has 0 radical (unpaired) electrons. The quantitative estimate of drug-likeness (QED) is 0.859. The number of aromatic amines is 1. The maximum absolute atomic E-state index is 12.8. The van der Waals surface area contributed by atoms with Crippen molar-refractivity contribution in [1.82, 2.24) is 14.8 Å². The van der Waals surface area contributed by atoms with Gasteiger partial charge in [0.2, 0.25) is 0 Å². The fourth-order valence-corrected chi connectivity index (χ4v) is 2.43. The lowest BCUT2D eigenvalue weighted by Crippen LogP contribution is -2.11. The molecule has 0 saturated carbocycles. The molecule has 0 bridgehead atoms. The molecule has 0 amide bonds. The summed E-state index contributed by atoms with van der Waals surface area (Å²) in [4.78, 5) is 0. The van der Waals surface area contributed by atoms with Gasteiger partial charge in [0.1, 0.15) is 11.6 Å². The van der Waals surface area contributed by atoms with Gasteiger partial charge in [0.05, 0.1) is 0 Å². The van der Waals surface area contributed by atoms with Gasteiger partial charge >= 0.3 is 0 Å². The van der Waals surface area contributed by atoms with Gasteiger partial charge in [-0.2, -0.15) is 5.10 Å². The molecule has 5 heteroatoms. The van der Waals surface area contributed by atoms with Crippen LogP contribution in [-0.2, 0) is 12.8 Å². The number of hydrogen-bond acceptors (Lipinski definition) is 2. The zero-order valence-corrected chi connectivity index (χ0v) is 11.3. The van der Waals surface area contributed by atoms with E-state index in [0.717, 1.165) is 24.2 Å². The molecule has 96 valence electrons. The maximum atomic E-state index is 12.8. The number of nitrogens with zero attached hydrogens (tertiary/aromatic N) is 2. The lowest BCUT2D eigenvalue weighted by atomic mass is 10.1. The average Bonchev–Trinajstić information content (AvgIpc) is 2.73. The first-order valence-electron chi connectivity index (χ1n) is 6.02. The minimum absolute atomic E-state index is 0.205. The average molecular weight is 265 g/mol. The standard InChI is InChI=1S/C13H16FN3S/c1-3-12-15-16-13(18)17(12)9(2)8-10-4-6-11(14)7-5-10/h4-7,9H,3,8H2,1-2H3,(H,16,18). The fourth-order valence-electron chi connectivity index (χ4n) is 2.09. The zero-order chi connectivity index (χ0) is 13.1. The van der Waals surface area contributed by atoms with Crippen molar-refractivity contribution < 1.29 is 4.39 Å². The van der Waals surface area contributed by atoms with Gasteiger partial charge in [0.25, 0.3) is 0 Å². The Morgan fingerprint density at radius 2 is 2.06 bits per heavy atom. The molecule has 0 aliphatic heterocycles. The van der Waals surface area contributed by atoms with Crippen molar-refractivity contribution in [2.75, 3.05) is 0 Å². The highest BCUT2D eigenvalue weighted by molar-refractivity contribution is 7.71. The second-order valence-electron chi connectivity index (χ2n) is 4.35. The van der Waals surface area contributed by atoms with Crippen LogP contribution in [0.2, 0.25) is 0 Å². The van der Waals surface area contributed by atoms with Crippen molar-refractivity contribution >= 4 is 12.2 Å². The molecular formula is C13H16FN3S. The van der Waals surface area contributed by atoms with E-state index in [2.05, 4.69) is 17.1 Å². The monoisotopic (exact) mass is 265 g/mol. The highest BCUT2D eigenvalue weighted by Crippen LogP contribution is 2.16. The van der Waals surface area contributed by atoms with E-state index >= 15 is 0 Å². The minimum Gasteiger partial charge on any atom is -0.301 e. The molecule has 0 saturated heterocycles. The Morgan fingerprint density at radius 3 is 2.67 bits per heavy atom. The van der Waals surface area contributed by atoms with E-state index in [1.165, 1.54) is 12.1 Å². The zero-order valence-electron chi connectivity index (χ0n) is 10.5. The highest BCUT2D eigenvalue weighted by Gasteiger charge is 2.12. The Bertz CT molecular complexity index is 571. The van der Waals surface area contributed by atoms with E-state index in [-0.39, 0.29) is 11.9 Å². The van der Waals surface area contributed by atoms with Crippen LogP contribution < -0.4 is 0 Å². The van der Waals surface area contributed by atoms with Crippen LogP contribution in [0.25, 0.3) is 0 Å². The SMILES string of the molecule is CCc1n[nH]c(=S)n1C(C)Cc1ccc(F)cc1. The Labute approximate surface area is 111 Å². The molecule has 1 aromatic carbocycles. The Balaban J connectivity index is 2.21. The third kappa shape index (κ3) is 2.67. The van der Waals surface area contributed by atoms with E-state index in [9.17, 15) is 4.39 Å². The van der Waals surface area contributed by atoms with Crippen molar-refractivity contribution in [2.45, 2.75) is 32.7 Å². The molecule has 1 heterocycles. The minimum atomic E-state index is -0.208. The van der Waals surface area contributed by atoms with E-state index in [4.69, 9.17) is 12.2 Å². The number of benzene rings is 1. The van der Waals surface area contributed by atoms with Crippen molar-refractivity contribution in [3.63, 3.8) is 0 Å². The summed E-state index contributed by atoms with van der Waals surface area (Å²) in [5.74, 6) is 0.746. The summed E-state index contributed by atoms with van der Waals surface area (Å²) in [6.07, 6.45) is 1.64. The smallest absolute Gasteiger partial charge is 0.195 e. The number of rotatable bonds is 4. The normalized spacial score (nSPS) is 12.6. The summed E-state index contributed by atoms with van der Waals surface area (Å²) in [7, 11) is 0. The topological polar surface area (TPSA) is 33.6 Å². The van der Waals surface area contributed by atoms with Crippen molar-refractivity contribution in [2.24, 2.45) is 0 Å². The molecule has 1 atom stereocenters. The van der Waals surface area contributed by atoms with Crippen LogP contribution >= 0.6 is 12.2 Å². The summed E-state index contributed by atoms with van der Waals surface area (Å²) >= 11 is 5.24. The van der Waals surface area contributed by atoms with Crippen LogP contribution in [-0.4, -0.2) is 14.8 Å². The number of H-pyrrole nitrogens is 1. The van der Waals surface area contributed by atoms with Crippen molar-refractivity contribution in [1.29, 1.82) is 0 Å². The number of halogens is 1. The van der Waals surface area contributed by atoms with Crippen LogP contribution in [0.5, 0.6) is 0 Å². The van der Waals surface area contributed by atoms with Gasteiger partial charge in [-0.3, -0.25) is 5.10 Å². The molecule has 0 spiro atoms. The summed E-state index contributed by atoms with van der Waals surface area (Å²) in [6, 6.07) is 6.79. The molecule has 1 N–H and O–H groups in total. The van der Waals surface area contributed by atoms with Crippen LogP contribution in [0.3, 0.4) is 0 Å². The second-order valence-corrected chi connectivity index (χ2v) is 4.73. The molecule has 18 heavy (non-hydrogen) atoms. The number of aromatic nitrogens is 3. The third-order valence-electron chi connectivity index (χ3n) is 2.98. The Morgan fingerprint density at radius 1 is 1.39 bits per heavy atom. The molecule has 2 aromatic rings. The van der Waals surface area contributed by atoms with E-state index in [1.54, 1.807) is 12.1 Å². The van der Waals surface area contributed by atoms with Gasteiger partial charge in [0, 0.05) is 12.5 Å². The molecule has 0 aliphatic rings. The lowest BCUT2D eigenvalue weighted by molar-refractivity contribution is 0.516. The summed E-state index contributed by atoms with van der Waals surface area (Å²) in [5.41, 5.74) is 1.09. The Kier molecular flexibility index (Phi) is 3.91. The molecule has 1 aromatic heterocycles. The van der Waals surface area contributed by atoms with Crippen LogP contribution in [0.15, 0.2) is 24.3 Å². The summed E-state index contributed by atoms with van der Waals surface area (Å²) < 4.78 is 15.5. The molecule has 1 unspecified atom stereocenters. The largest absolute Gasteiger partial charge is 0.301 e. The molecule has 2 rings (SSSR count). The number of aryl methyl sites for hydroxylation is 1.